The molecule has 0 saturated heterocycles. The van der Waals surface area contributed by atoms with E-state index in [1.807, 2.05) is 48.5 Å². The van der Waals surface area contributed by atoms with Crippen molar-refractivity contribution in [2.45, 2.75) is 18.0 Å². The number of nitrogens with one attached hydrogen (secondary N) is 3. The highest BCUT2D eigenvalue weighted by Gasteiger charge is 2.07. The number of carbonyl (C=O) groups is 1. The van der Waals surface area contributed by atoms with Crippen molar-refractivity contribution in [2.24, 2.45) is 0 Å². The van der Waals surface area contributed by atoms with Gasteiger partial charge in [0.2, 0.25) is 5.91 Å². The van der Waals surface area contributed by atoms with E-state index < -0.39 is 0 Å². The number of amides is 1. The second kappa shape index (κ2) is 7.67. The maximum Gasteiger partial charge on any atom is 0.259 e. The van der Waals surface area contributed by atoms with Gasteiger partial charge in [-0.2, -0.15) is 0 Å². The predicted octanol–water partition coefficient (Wildman–Crippen LogP) is 3.92. The maximum atomic E-state index is 12.1. The summed E-state index contributed by atoms with van der Waals surface area (Å²) in [7, 11) is 0. The lowest BCUT2D eigenvalue weighted by Crippen LogP contribution is -2.12. The van der Waals surface area contributed by atoms with Crippen LogP contribution in [0.2, 0.25) is 0 Å². The van der Waals surface area contributed by atoms with Crippen molar-refractivity contribution < 1.29 is 4.79 Å². The topological polar surface area (TPSA) is 90.6 Å². The molecule has 27 heavy (non-hydrogen) atoms. The summed E-state index contributed by atoms with van der Waals surface area (Å²) in [6.07, 6.45) is 1.09. The third kappa shape index (κ3) is 4.03. The summed E-state index contributed by atoms with van der Waals surface area (Å²) in [5, 5.41) is 5.11. The van der Waals surface area contributed by atoms with E-state index in [2.05, 4.69) is 20.3 Å². The average Bonchev–Trinajstić information content (AvgIpc) is 3.07. The van der Waals surface area contributed by atoms with Crippen LogP contribution in [-0.2, 0) is 4.79 Å². The number of aromatic amines is 2. The van der Waals surface area contributed by atoms with Crippen molar-refractivity contribution in [3.05, 3.63) is 65.0 Å². The molecule has 2 heterocycles. The molecule has 0 saturated carbocycles. The first kappa shape index (κ1) is 17.4. The Kier molecular flexibility index (Phi) is 4.93. The molecule has 0 atom stereocenters. The Balaban J connectivity index is 1.29. The van der Waals surface area contributed by atoms with Gasteiger partial charge in [-0.15, -0.1) is 0 Å². The van der Waals surface area contributed by atoms with Crippen LogP contribution in [0.1, 0.15) is 12.8 Å². The Morgan fingerprint density at radius 1 is 1.07 bits per heavy atom. The number of anilines is 1. The highest BCUT2D eigenvalue weighted by molar-refractivity contribution is 7.99. The molecular formula is C20H18N4O2S. The van der Waals surface area contributed by atoms with Gasteiger partial charge in [-0.05, 0) is 30.7 Å². The fourth-order valence-corrected chi connectivity index (χ4v) is 3.70. The molecule has 0 unspecified atom stereocenters. The standard InChI is InChI=1S/C20H18N4O2S/c25-18(23-17-12-13-6-1-3-8-15(13)21-17)10-5-11-27-20-22-16-9-4-2-7-14(16)19(26)24-20/h1-4,6-9,12,21H,5,10-11H2,(H,23,25)(H,22,24,26). The first-order valence-corrected chi connectivity index (χ1v) is 9.67. The summed E-state index contributed by atoms with van der Waals surface area (Å²) >= 11 is 1.45. The van der Waals surface area contributed by atoms with Gasteiger partial charge in [0, 0.05) is 23.1 Å². The van der Waals surface area contributed by atoms with Gasteiger partial charge in [-0.1, -0.05) is 42.1 Å². The van der Waals surface area contributed by atoms with Crippen molar-refractivity contribution >= 4 is 45.3 Å². The van der Waals surface area contributed by atoms with Crippen LogP contribution in [0.25, 0.3) is 21.8 Å². The fourth-order valence-electron chi connectivity index (χ4n) is 2.89. The van der Waals surface area contributed by atoms with Crippen LogP contribution in [0.4, 0.5) is 5.82 Å². The number of benzene rings is 2. The zero-order valence-electron chi connectivity index (χ0n) is 14.5. The van der Waals surface area contributed by atoms with Crippen molar-refractivity contribution in [3.8, 4) is 0 Å². The van der Waals surface area contributed by atoms with Crippen LogP contribution in [0, 0.1) is 0 Å². The van der Waals surface area contributed by atoms with Gasteiger partial charge in [0.05, 0.1) is 10.9 Å². The Hall–Kier alpha value is -3.06. The van der Waals surface area contributed by atoms with Crippen molar-refractivity contribution in [3.63, 3.8) is 0 Å². The summed E-state index contributed by atoms with van der Waals surface area (Å²) in [5.41, 5.74) is 1.54. The normalized spacial score (nSPS) is 11.1. The van der Waals surface area contributed by atoms with E-state index in [-0.39, 0.29) is 11.5 Å². The molecule has 4 aromatic rings. The number of para-hydroxylation sites is 2. The SMILES string of the molecule is O=C(CCCSc1nc2ccccc2c(=O)[nH]1)Nc1cc2ccccc2[nH]1. The molecule has 6 nitrogen and oxygen atoms in total. The van der Waals surface area contributed by atoms with E-state index in [1.54, 1.807) is 6.07 Å². The molecule has 136 valence electrons. The molecule has 0 aliphatic heterocycles. The van der Waals surface area contributed by atoms with Crippen LogP contribution in [0.3, 0.4) is 0 Å². The summed E-state index contributed by atoms with van der Waals surface area (Å²) in [5.74, 6) is 1.36. The van der Waals surface area contributed by atoms with Gasteiger partial charge in [0.15, 0.2) is 5.16 Å². The van der Waals surface area contributed by atoms with Gasteiger partial charge >= 0.3 is 0 Å². The molecule has 0 fully saturated rings. The molecule has 0 bridgehead atoms. The number of fused-ring (bicyclic) bond motifs is 2. The van der Waals surface area contributed by atoms with Crippen LogP contribution < -0.4 is 10.9 Å². The minimum atomic E-state index is -0.139. The molecule has 0 aliphatic carbocycles. The number of aromatic nitrogens is 3. The fraction of sp³-hybridized carbons (Fsp3) is 0.150. The maximum absolute atomic E-state index is 12.1. The van der Waals surface area contributed by atoms with Gasteiger partial charge in [-0.3, -0.25) is 9.59 Å². The molecule has 1 amide bonds. The first-order valence-electron chi connectivity index (χ1n) is 8.68. The smallest absolute Gasteiger partial charge is 0.259 e. The Morgan fingerprint density at radius 2 is 1.89 bits per heavy atom. The van der Waals surface area contributed by atoms with Crippen molar-refractivity contribution in [1.82, 2.24) is 15.0 Å². The number of hydrogen-bond acceptors (Lipinski definition) is 4. The van der Waals surface area contributed by atoms with E-state index in [9.17, 15) is 9.59 Å². The molecule has 3 N–H and O–H groups in total. The summed E-state index contributed by atoms with van der Waals surface area (Å²) in [6.45, 7) is 0. The number of thioether (sulfide) groups is 1. The molecule has 0 radical (unpaired) electrons. The Morgan fingerprint density at radius 3 is 2.78 bits per heavy atom. The van der Waals surface area contributed by atoms with Gasteiger partial charge < -0.3 is 15.3 Å². The Labute approximate surface area is 159 Å². The predicted molar refractivity (Wildman–Crippen MR) is 109 cm³/mol. The van der Waals surface area contributed by atoms with Gasteiger partial charge in [0.1, 0.15) is 5.82 Å². The minimum absolute atomic E-state index is 0.0397. The third-order valence-electron chi connectivity index (χ3n) is 4.18. The lowest BCUT2D eigenvalue weighted by atomic mass is 10.2. The van der Waals surface area contributed by atoms with Crippen molar-refractivity contribution in [1.29, 1.82) is 0 Å². The summed E-state index contributed by atoms with van der Waals surface area (Å²) in [6, 6.07) is 17.1. The quantitative estimate of drug-likeness (QED) is 0.269. The summed E-state index contributed by atoms with van der Waals surface area (Å²) < 4.78 is 0. The number of carbonyl (C=O) groups excluding carboxylic acids is 1. The van der Waals surface area contributed by atoms with E-state index in [1.165, 1.54) is 11.8 Å². The molecule has 0 aliphatic rings. The summed E-state index contributed by atoms with van der Waals surface area (Å²) in [4.78, 5) is 34.6. The largest absolute Gasteiger partial charge is 0.341 e. The zero-order chi connectivity index (χ0) is 18.6. The number of hydrogen-bond donors (Lipinski definition) is 3. The number of nitrogens with zero attached hydrogens (tertiary/aromatic N) is 1. The molecule has 2 aromatic carbocycles. The number of rotatable bonds is 6. The molecule has 0 spiro atoms. The monoisotopic (exact) mass is 378 g/mol. The van der Waals surface area contributed by atoms with E-state index in [0.717, 1.165) is 10.9 Å². The molecule has 7 heteroatoms. The van der Waals surface area contributed by atoms with Crippen LogP contribution in [0.5, 0.6) is 0 Å². The first-order chi connectivity index (χ1) is 13.2. The highest BCUT2D eigenvalue weighted by atomic mass is 32.2. The third-order valence-corrected chi connectivity index (χ3v) is 5.14. The second-order valence-corrected chi connectivity index (χ2v) is 7.24. The lowest BCUT2D eigenvalue weighted by molar-refractivity contribution is -0.116. The Bertz CT molecular complexity index is 1130. The molecular weight excluding hydrogens is 360 g/mol. The average molecular weight is 378 g/mol. The van der Waals surface area contributed by atoms with Crippen LogP contribution in [-0.4, -0.2) is 26.6 Å². The number of H-pyrrole nitrogens is 2. The molecule has 2 aromatic heterocycles. The minimum Gasteiger partial charge on any atom is -0.341 e. The van der Waals surface area contributed by atoms with E-state index >= 15 is 0 Å². The lowest BCUT2D eigenvalue weighted by Gasteiger charge is -2.04. The van der Waals surface area contributed by atoms with Crippen LogP contribution in [0.15, 0.2) is 64.5 Å². The second-order valence-electron chi connectivity index (χ2n) is 6.16. The van der Waals surface area contributed by atoms with Gasteiger partial charge in [0.25, 0.3) is 5.56 Å². The van der Waals surface area contributed by atoms with E-state index in [0.29, 0.717) is 40.5 Å². The highest BCUT2D eigenvalue weighted by Crippen LogP contribution is 2.19. The van der Waals surface area contributed by atoms with E-state index in [4.69, 9.17) is 0 Å². The zero-order valence-corrected chi connectivity index (χ0v) is 15.3. The molecule has 4 rings (SSSR count). The van der Waals surface area contributed by atoms with Gasteiger partial charge in [-0.25, -0.2) is 4.98 Å². The van der Waals surface area contributed by atoms with Crippen molar-refractivity contribution in [2.75, 3.05) is 11.1 Å². The van der Waals surface area contributed by atoms with Crippen LogP contribution >= 0.6 is 11.8 Å².